The Balaban J connectivity index is 2.34. The van der Waals surface area contributed by atoms with Crippen LogP contribution in [0.1, 0.15) is 13.8 Å². The third-order valence-corrected chi connectivity index (χ3v) is 4.16. The van der Waals surface area contributed by atoms with Crippen LogP contribution in [0.4, 0.5) is 5.00 Å². The van der Waals surface area contributed by atoms with Gasteiger partial charge < -0.3 is 4.90 Å². The second kappa shape index (κ2) is 5.67. The Labute approximate surface area is 121 Å². The van der Waals surface area contributed by atoms with Crippen molar-refractivity contribution in [2.75, 3.05) is 11.9 Å². The second-order valence-electron chi connectivity index (χ2n) is 4.41. The van der Waals surface area contributed by atoms with Crippen LogP contribution in [0, 0.1) is 5.92 Å². The molecule has 0 aliphatic heterocycles. The van der Waals surface area contributed by atoms with Crippen LogP contribution in [0.15, 0.2) is 24.5 Å². The van der Waals surface area contributed by atoms with Gasteiger partial charge in [0.25, 0.3) is 0 Å². The molecule has 0 atom stereocenters. The Morgan fingerprint density at radius 3 is 2.79 bits per heavy atom. The van der Waals surface area contributed by atoms with Crippen LogP contribution in [0.3, 0.4) is 0 Å². The highest BCUT2D eigenvalue weighted by Crippen LogP contribution is 2.37. The minimum absolute atomic E-state index is 0.0169. The number of hydrogen-bond acceptors (Lipinski definition) is 4. The van der Waals surface area contributed by atoms with Crippen LogP contribution >= 0.6 is 22.9 Å². The number of aromatic nitrogens is 2. The zero-order valence-electron chi connectivity index (χ0n) is 10.9. The van der Waals surface area contributed by atoms with Gasteiger partial charge >= 0.3 is 0 Å². The predicted octanol–water partition coefficient (Wildman–Crippen LogP) is 3.48. The molecule has 0 aliphatic carbocycles. The van der Waals surface area contributed by atoms with Gasteiger partial charge in [0.2, 0.25) is 5.91 Å². The molecular formula is C13H14ClN3OS. The van der Waals surface area contributed by atoms with Gasteiger partial charge in [-0.05, 0) is 12.1 Å². The molecule has 0 saturated carbocycles. The van der Waals surface area contributed by atoms with Crippen LogP contribution in [0.2, 0.25) is 5.15 Å². The third kappa shape index (κ3) is 2.93. The van der Waals surface area contributed by atoms with Gasteiger partial charge in [-0.1, -0.05) is 36.8 Å². The van der Waals surface area contributed by atoms with E-state index < -0.39 is 0 Å². The molecule has 19 heavy (non-hydrogen) atoms. The molecule has 0 radical (unpaired) electrons. The van der Waals surface area contributed by atoms with E-state index in [0.717, 1.165) is 10.6 Å². The quantitative estimate of drug-likeness (QED) is 0.871. The lowest BCUT2D eigenvalue weighted by Crippen LogP contribution is -2.29. The molecule has 0 unspecified atom stereocenters. The van der Waals surface area contributed by atoms with E-state index in [0.29, 0.717) is 10.2 Å². The van der Waals surface area contributed by atoms with E-state index in [2.05, 4.69) is 9.97 Å². The summed E-state index contributed by atoms with van der Waals surface area (Å²) in [6.07, 6.45) is 3.43. The Bertz CT molecular complexity index is 583. The molecule has 0 fully saturated rings. The molecule has 100 valence electrons. The average molecular weight is 296 g/mol. The van der Waals surface area contributed by atoms with Gasteiger partial charge in [-0.2, -0.15) is 0 Å². The number of rotatable bonds is 3. The molecule has 0 N–H and O–H groups in total. The fourth-order valence-electron chi connectivity index (χ4n) is 1.60. The first-order valence-electron chi connectivity index (χ1n) is 5.85. The molecule has 6 heteroatoms. The number of hydrogen-bond donors (Lipinski definition) is 0. The second-order valence-corrected chi connectivity index (χ2v) is 5.74. The largest absolute Gasteiger partial charge is 0.304 e. The number of carbonyl (C=O) groups is 1. The predicted molar refractivity (Wildman–Crippen MR) is 78.6 cm³/mol. The number of nitrogens with zero attached hydrogens (tertiary/aromatic N) is 3. The van der Waals surface area contributed by atoms with Crippen LogP contribution in [-0.4, -0.2) is 22.9 Å². The molecule has 0 saturated heterocycles. The highest BCUT2D eigenvalue weighted by atomic mass is 35.5. The van der Waals surface area contributed by atoms with Gasteiger partial charge in [-0.25, -0.2) is 4.98 Å². The lowest BCUT2D eigenvalue weighted by Gasteiger charge is -2.17. The Morgan fingerprint density at radius 1 is 1.47 bits per heavy atom. The van der Waals surface area contributed by atoms with Gasteiger partial charge in [0.15, 0.2) is 5.15 Å². The molecule has 1 amide bonds. The van der Waals surface area contributed by atoms with Gasteiger partial charge in [0, 0.05) is 30.9 Å². The minimum Gasteiger partial charge on any atom is -0.304 e. The Morgan fingerprint density at radius 2 is 2.21 bits per heavy atom. The van der Waals surface area contributed by atoms with Crippen LogP contribution < -0.4 is 4.90 Å². The Kier molecular flexibility index (Phi) is 4.17. The molecule has 2 aromatic rings. The molecule has 2 heterocycles. The first-order chi connectivity index (χ1) is 9.00. The standard InChI is InChI=1S/C13H14ClN3OS/c1-8(2)12(18)17(3)13-10(14)16-11(19-13)9-5-4-6-15-7-9/h4-8H,1-3H3. The maximum atomic E-state index is 12.0. The summed E-state index contributed by atoms with van der Waals surface area (Å²) in [5, 5.41) is 1.77. The fraction of sp³-hybridized carbons (Fsp3) is 0.308. The SMILES string of the molecule is CC(C)C(=O)N(C)c1sc(-c2cccnc2)nc1Cl. The molecular weight excluding hydrogens is 282 g/mol. The van der Waals surface area contributed by atoms with E-state index in [1.807, 2.05) is 26.0 Å². The van der Waals surface area contributed by atoms with Crippen LogP contribution in [0.25, 0.3) is 10.6 Å². The van der Waals surface area contributed by atoms with Crippen molar-refractivity contribution >= 4 is 33.8 Å². The smallest absolute Gasteiger partial charge is 0.229 e. The zero-order chi connectivity index (χ0) is 14.0. The summed E-state index contributed by atoms with van der Waals surface area (Å²) in [5.41, 5.74) is 0.894. The topological polar surface area (TPSA) is 46.1 Å². The maximum absolute atomic E-state index is 12.0. The summed E-state index contributed by atoms with van der Waals surface area (Å²) in [5.74, 6) is -0.0618. The van der Waals surface area contributed by atoms with Crippen molar-refractivity contribution in [2.45, 2.75) is 13.8 Å². The fourth-order valence-corrected chi connectivity index (χ4v) is 2.89. The molecule has 0 aliphatic rings. The highest BCUT2D eigenvalue weighted by Gasteiger charge is 2.21. The number of carbonyl (C=O) groups excluding carboxylic acids is 1. The van der Waals surface area contributed by atoms with Gasteiger partial charge in [0.05, 0.1) is 0 Å². The van der Waals surface area contributed by atoms with Crippen LogP contribution in [0.5, 0.6) is 0 Å². The number of amides is 1. The summed E-state index contributed by atoms with van der Waals surface area (Å²) >= 11 is 7.51. The monoisotopic (exact) mass is 295 g/mol. The van der Waals surface area contributed by atoms with E-state index in [4.69, 9.17) is 11.6 Å². The number of halogens is 1. The van der Waals surface area contributed by atoms with Crippen molar-refractivity contribution in [3.63, 3.8) is 0 Å². The molecule has 0 bridgehead atoms. The minimum atomic E-state index is -0.0787. The maximum Gasteiger partial charge on any atom is 0.229 e. The normalized spacial score (nSPS) is 10.8. The van der Waals surface area contributed by atoms with Crippen molar-refractivity contribution in [2.24, 2.45) is 5.92 Å². The summed E-state index contributed by atoms with van der Waals surface area (Å²) in [7, 11) is 1.72. The molecule has 2 rings (SSSR count). The zero-order valence-corrected chi connectivity index (χ0v) is 12.5. The van der Waals surface area contributed by atoms with Crippen molar-refractivity contribution in [1.29, 1.82) is 0 Å². The van der Waals surface area contributed by atoms with Crippen molar-refractivity contribution in [3.8, 4) is 10.6 Å². The lowest BCUT2D eigenvalue weighted by molar-refractivity contribution is -0.121. The number of anilines is 1. The van der Waals surface area contributed by atoms with E-state index in [1.165, 1.54) is 11.3 Å². The molecule has 0 aromatic carbocycles. The summed E-state index contributed by atoms with van der Waals surface area (Å²) in [6.45, 7) is 3.71. The number of pyridine rings is 1. The average Bonchev–Trinajstić information content (AvgIpc) is 2.80. The molecule has 4 nitrogen and oxygen atoms in total. The summed E-state index contributed by atoms with van der Waals surface area (Å²) in [4.78, 5) is 21.9. The molecule has 2 aromatic heterocycles. The van der Waals surface area contributed by atoms with Gasteiger partial charge in [-0.3, -0.25) is 9.78 Å². The van der Waals surface area contributed by atoms with E-state index in [9.17, 15) is 4.79 Å². The lowest BCUT2D eigenvalue weighted by atomic mass is 10.2. The van der Waals surface area contributed by atoms with E-state index >= 15 is 0 Å². The van der Waals surface area contributed by atoms with E-state index in [1.54, 1.807) is 24.3 Å². The third-order valence-electron chi connectivity index (χ3n) is 2.61. The van der Waals surface area contributed by atoms with E-state index in [-0.39, 0.29) is 11.8 Å². The first-order valence-corrected chi connectivity index (χ1v) is 7.04. The molecule has 0 spiro atoms. The van der Waals surface area contributed by atoms with Crippen molar-refractivity contribution in [3.05, 3.63) is 29.7 Å². The highest BCUT2D eigenvalue weighted by molar-refractivity contribution is 7.19. The van der Waals surface area contributed by atoms with Crippen LogP contribution in [-0.2, 0) is 4.79 Å². The van der Waals surface area contributed by atoms with Gasteiger partial charge in [0.1, 0.15) is 10.0 Å². The first kappa shape index (κ1) is 14.0. The van der Waals surface area contributed by atoms with Crippen molar-refractivity contribution < 1.29 is 4.79 Å². The van der Waals surface area contributed by atoms with Gasteiger partial charge in [-0.15, -0.1) is 0 Å². The summed E-state index contributed by atoms with van der Waals surface area (Å²) in [6, 6.07) is 3.75. The number of thiazole rings is 1. The summed E-state index contributed by atoms with van der Waals surface area (Å²) < 4.78 is 0. The van der Waals surface area contributed by atoms with Crippen molar-refractivity contribution in [1.82, 2.24) is 9.97 Å². The Hall–Kier alpha value is -1.46.